The second-order valence-electron chi connectivity index (χ2n) is 5.39. The molecule has 0 atom stereocenters. The summed E-state index contributed by atoms with van der Waals surface area (Å²) in [4.78, 5) is 18.6. The zero-order valence-corrected chi connectivity index (χ0v) is 13.6. The largest absolute Gasteiger partial charge is 0.438 e. The average molecular weight is 301 g/mol. The van der Waals surface area contributed by atoms with Crippen molar-refractivity contribution in [3.63, 3.8) is 0 Å². The van der Waals surface area contributed by atoms with Crippen molar-refractivity contribution in [1.29, 1.82) is 0 Å². The lowest BCUT2D eigenvalue weighted by Gasteiger charge is -2.21. The lowest BCUT2D eigenvalue weighted by Crippen LogP contribution is -2.21. The quantitative estimate of drug-likeness (QED) is 0.879. The number of rotatable bonds is 6. The predicted octanol–water partition coefficient (Wildman–Crippen LogP) is 3.90. The molecule has 1 N–H and O–H groups in total. The number of aromatic nitrogens is 1. The molecular weight excluding hydrogens is 278 g/mol. The van der Waals surface area contributed by atoms with Crippen LogP contribution in [0.25, 0.3) is 0 Å². The lowest BCUT2D eigenvalue weighted by atomic mass is 10.1. The topological polar surface area (TPSA) is 58.4 Å². The SMILES string of the molecule is CCN(CC)c1ccc(NC(=O)c2ocnc2C(C)C)cc1. The van der Waals surface area contributed by atoms with Crippen LogP contribution in [-0.4, -0.2) is 24.0 Å². The first kappa shape index (κ1) is 16.1. The van der Waals surface area contributed by atoms with E-state index in [1.54, 1.807) is 0 Å². The summed E-state index contributed by atoms with van der Waals surface area (Å²) in [5.74, 6) is 0.157. The van der Waals surface area contributed by atoms with Gasteiger partial charge < -0.3 is 14.6 Å². The molecule has 2 rings (SSSR count). The number of benzene rings is 1. The molecule has 0 saturated heterocycles. The summed E-state index contributed by atoms with van der Waals surface area (Å²) in [6.07, 6.45) is 1.31. The van der Waals surface area contributed by atoms with E-state index in [2.05, 4.69) is 29.0 Å². The molecule has 1 heterocycles. The number of hydrogen-bond donors (Lipinski definition) is 1. The van der Waals surface area contributed by atoms with Crippen LogP contribution in [0.2, 0.25) is 0 Å². The van der Waals surface area contributed by atoms with Crippen LogP contribution in [0.15, 0.2) is 35.1 Å². The molecule has 1 amide bonds. The maximum absolute atomic E-state index is 12.3. The Labute approximate surface area is 131 Å². The molecule has 0 fully saturated rings. The monoisotopic (exact) mass is 301 g/mol. The lowest BCUT2D eigenvalue weighted by molar-refractivity contribution is 0.0995. The van der Waals surface area contributed by atoms with Gasteiger partial charge in [0.2, 0.25) is 5.76 Å². The molecule has 5 heteroatoms. The smallest absolute Gasteiger partial charge is 0.293 e. The van der Waals surface area contributed by atoms with Crippen LogP contribution in [0.1, 0.15) is 49.9 Å². The van der Waals surface area contributed by atoms with Crippen LogP contribution in [0.4, 0.5) is 11.4 Å². The minimum atomic E-state index is -0.267. The van der Waals surface area contributed by atoms with Gasteiger partial charge in [-0.05, 0) is 44.0 Å². The Morgan fingerprint density at radius 1 is 1.23 bits per heavy atom. The van der Waals surface area contributed by atoms with Crippen molar-refractivity contribution in [1.82, 2.24) is 4.98 Å². The predicted molar refractivity (Wildman–Crippen MR) is 88.5 cm³/mol. The van der Waals surface area contributed by atoms with Gasteiger partial charge in [0.15, 0.2) is 6.39 Å². The molecule has 5 nitrogen and oxygen atoms in total. The Hall–Kier alpha value is -2.30. The second kappa shape index (κ2) is 7.11. The van der Waals surface area contributed by atoms with Crippen molar-refractivity contribution in [2.45, 2.75) is 33.6 Å². The van der Waals surface area contributed by atoms with Crippen molar-refractivity contribution < 1.29 is 9.21 Å². The van der Waals surface area contributed by atoms with Gasteiger partial charge in [-0.1, -0.05) is 13.8 Å². The Morgan fingerprint density at radius 3 is 2.41 bits per heavy atom. The molecule has 0 radical (unpaired) electrons. The standard InChI is InChI=1S/C17H23N3O2/c1-5-20(6-2)14-9-7-13(8-10-14)19-17(21)16-15(12(3)4)18-11-22-16/h7-12H,5-6H2,1-4H3,(H,19,21). The fourth-order valence-corrected chi connectivity index (χ4v) is 2.37. The van der Waals surface area contributed by atoms with E-state index in [1.165, 1.54) is 6.39 Å². The Morgan fingerprint density at radius 2 is 1.86 bits per heavy atom. The Balaban J connectivity index is 2.10. The average Bonchev–Trinajstić information content (AvgIpc) is 3.00. The van der Waals surface area contributed by atoms with Crippen molar-refractivity contribution in [3.05, 3.63) is 42.1 Å². The Bertz CT molecular complexity index is 613. The summed E-state index contributed by atoms with van der Waals surface area (Å²) in [7, 11) is 0. The van der Waals surface area contributed by atoms with Gasteiger partial charge in [-0.2, -0.15) is 0 Å². The minimum Gasteiger partial charge on any atom is -0.438 e. The van der Waals surface area contributed by atoms with E-state index in [-0.39, 0.29) is 17.6 Å². The normalized spacial score (nSPS) is 10.8. The highest BCUT2D eigenvalue weighted by molar-refractivity contribution is 6.03. The number of anilines is 2. The number of amides is 1. The molecule has 1 aromatic carbocycles. The molecule has 118 valence electrons. The van der Waals surface area contributed by atoms with Gasteiger partial charge in [-0.3, -0.25) is 4.79 Å². The number of carbonyl (C=O) groups excluding carboxylic acids is 1. The van der Waals surface area contributed by atoms with E-state index >= 15 is 0 Å². The van der Waals surface area contributed by atoms with E-state index in [1.807, 2.05) is 38.1 Å². The maximum Gasteiger partial charge on any atom is 0.293 e. The van der Waals surface area contributed by atoms with E-state index in [9.17, 15) is 4.79 Å². The molecule has 2 aromatic rings. The third kappa shape index (κ3) is 3.47. The summed E-state index contributed by atoms with van der Waals surface area (Å²) in [5, 5.41) is 2.85. The van der Waals surface area contributed by atoms with Crippen LogP contribution in [-0.2, 0) is 0 Å². The van der Waals surface area contributed by atoms with Crippen LogP contribution in [0.3, 0.4) is 0 Å². The summed E-state index contributed by atoms with van der Waals surface area (Å²) >= 11 is 0. The van der Waals surface area contributed by atoms with Gasteiger partial charge in [0.1, 0.15) is 0 Å². The summed E-state index contributed by atoms with van der Waals surface area (Å²) in [6.45, 7) is 10.1. The van der Waals surface area contributed by atoms with E-state index in [4.69, 9.17) is 4.42 Å². The molecule has 0 aliphatic heterocycles. The molecule has 0 aliphatic rings. The number of hydrogen-bond acceptors (Lipinski definition) is 4. The summed E-state index contributed by atoms with van der Waals surface area (Å²) < 4.78 is 5.23. The minimum absolute atomic E-state index is 0.143. The Kier molecular flexibility index (Phi) is 5.20. The van der Waals surface area contributed by atoms with Gasteiger partial charge in [-0.15, -0.1) is 0 Å². The van der Waals surface area contributed by atoms with E-state index in [0.29, 0.717) is 5.69 Å². The highest BCUT2D eigenvalue weighted by atomic mass is 16.3. The first-order chi connectivity index (χ1) is 10.6. The summed E-state index contributed by atoms with van der Waals surface area (Å²) in [6, 6.07) is 7.81. The molecule has 0 spiro atoms. The molecule has 0 saturated carbocycles. The van der Waals surface area contributed by atoms with E-state index in [0.717, 1.165) is 24.5 Å². The second-order valence-corrected chi connectivity index (χ2v) is 5.39. The maximum atomic E-state index is 12.3. The zero-order valence-electron chi connectivity index (χ0n) is 13.6. The molecule has 1 aromatic heterocycles. The number of nitrogens with one attached hydrogen (secondary N) is 1. The van der Waals surface area contributed by atoms with Crippen LogP contribution in [0.5, 0.6) is 0 Å². The van der Waals surface area contributed by atoms with Gasteiger partial charge in [-0.25, -0.2) is 4.98 Å². The van der Waals surface area contributed by atoms with Crippen molar-refractivity contribution in [2.75, 3.05) is 23.3 Å². The molecule has 0 bridgehead atoms. The number of oxazole rings is 1. The fraction of sp³-hybridized carbons (Fsp3) is 0.412. The number of carbonyl (C=O) groups is 1. The van der Waals surface area contributed by atoms with Gasteiger partial charge in [0, 0.05) is 24.5 Å². The molecular formula is C17H23N3O2. The highest BCUT2D eigenvalue weighted by Crippen LogP contribution is 2.21. The van der Waals surface area contributed by atoms with Gasteiger partial charge >= 0.3 is 0 Å². The van der Waals surface area contributed by atoms with E-state index < -0.39 is 0 Å². The van der Waals surface area contributed by atoms with Crippen LogP contribution in [0, 0.1) is 0 Å². The van der Waals surface area contributed by atoms with Gasteiger partial charge in [0.05, 0.1) is 5.69 Å². The van der Waals surface area contributed by atoms with Gasteiger partial charge in [0.25, 0.3) is 5.91 Å². The van der Waals surface area contributed by atoms with Crippen molar-refractivity contribution >= 4 is 17.3 Å². The third-order valence-electron chi connectivity index (χ3n) is 3.60. The third-order valence-corrected chi connectivity index (χ3v) is 3.60. The fourth-order valence-electron chi connectivity index (χ4n) is 2.37. The molecule has 0 unspecified atom stereocenters. The molecule has 0 aliphatic carbocycles. The van der Waals surface area contributed by atoms with Crippen molar-refractivity contribution in [3.8, 4) is 0 Å². The zero-order chi connectivity index (χ0) is 16.1. The highest BCUT2D eigenvalue weighted by Gasteiger charge is 2.19. The van der Waals surface area contributed by atoms with Crippen molar-refractivity contribution in [2.24, 2.45) is 0 Å². The first-order valence-electron chi connectivity index (χ1n) is 7.66. The van der Waals surface area contributed by atoms with Crippen LogP contribution < -0.4 is 10.2 Å². The first-order valence-corrected chi connectivity index (χ1v) is 7.66. The number of nitrogens with zero attached hydrogens (tertiary/aromatic N) is 2. The summed E-state index contributed by atoms with van der Waals surface area (Å²) in [5.41, 5.74) is 2.56. The molecule has 22 heavy (non-hydrogen) atoms. The van der Waals surface area contributed by atoms with Crippen LogP contribution >= 0.6 is 0 Å².